The highest BCUT2D eigenvalue weighted by molar-refractivity contribution is 7.50. The molecule has 15 heavy (non-hydrogen) atoms. The highest BCUT2D eigenvalue weighted by Crippen LogP contribution is 2.27. The van der Waals surface area contributed by atoms with E-state index < -0.39 is 13.9 Å². The molecule has 0 aromatic heterocycles. The Kier molecular flexibility index (Phi) is 4.70. The third-order valence-corrected chi connectivity index (χ3v) is 3.09. The number of nitrogens with zero attached hydrogens (tertiary/aromatic N) is 1. The first kappa shape index (κ1) is 13.1. The van der Waals surface area contributed by atoms with Gasteiger partial charge in [0.2, 0.25) is 0 Å². The van der Waals surface area contributed by atoms with Crippen LogP contribution in [0.3, 0.4) is 0 Å². The Bertz CT molecular complexity index is 235. The SMILES string of the molecule is C[N+]1(CCOCP(=O)([O-])O)CCOCC1. The van der Waals surface area contributed by atoms with Crippen molar-refractivity contribution in [3.63, 3.8) is 0 Å². The molecule has 0 spiro atoms. The second kappa shape index (κ2) is 5.39. The van der Waals surface area contributed by atoms with Gasteiger partial charge in [-0.05, 0) is 0 Å². The molecule has 0 radical (unpaired) electrons. The van der Waals surface area contributed by atoms with Crippen LogP contribution in [0.1, 0.15) is 0 Å². The summed E-state index contributed by atoms with van der Waals surface area (Å²) in [6, 6.07) is 0. The lowest BCUT2D eigenvalue weighted by Gasteiger charge is -2.37. The lowest BCUT2D eigenvalue weighted by atomic mass is 10.3. The van der Waals surface area contributed by atoms with Gasteiger partial charge >= 0.3 is 0 Å². The van der Waals surface area contributed by atoms with E-state index in [9.17, 15) is 9.46 Å². The van der Waals surface area contributed by atoms with E-state index in [1.807, 2.05) is 0 Å². The van der Waals surface area contributed by atoms with Crippen LogP contribution >= 0.6 is 7.60 Å². The van der Waals surface area contributed by atoms with Crippen LogP contribution in [0.4, 0.5) is 0 Å². The molecule has 1 heterocycles. The van der Waals surface area contributed by atoms with E-state index >= 15 is 0 Å². The number of quaternary nitrogens is 1. The Balaban J connectivity index is 2.16. The maximum absolute atomic E-state index is 10.4. The fourth-order valence-electron chi connectivity index (χ4n) is 1.47. The fraction of sp³-hybridized carbons (Fsp3) is 1.00. The first-order chi connectivity index (χ1) is 6.91. The van der Waals surface area contributed by atoms with Crippen molar-refractivity contribution in [2.24, 2.45) is 0 Å². The molecule has 1 saturated heterocycles. The summed E-state index contributed by atoms with van der Waals surface area (Å²) < 4.78 is 21.3. The van der Waals surface area contributed by atoms with Crippen LogP contribution in [-0.2, 0) is 14.0 Å². The van der Waals surface area contributed by atoms with Crippen molar-refractivity contribution in [3.05, 3.63) is 0 Å². The summed E-state index contributed by atoms with van der Waals surface area (Å²) >= 11 is 0. The van der Waals surface area contributed by atoms with Gasteiger partial charge in [0.05, 0.1) is 26.9 Å². The van der Waals surface area contributed by atoms with E-state index in [1.54, 1.807) is 0 Å². The Hall–Kier alpha value is 0.0300. The molecule has 1 aliphatic rings. The molecule has 1 atom stereocenters. The van der Waals surface area contributed by atoms with Gasteiger partial charge in [-0.15, -0.1) is 0 Å². The number of ether oxygens (including phenoxy) is 2. The average molecular weight is 239 g/mol. The second-order valence-corrected chi connectivity index (χ2v) is 5.61. The van der Waals surface area contributed by atoms with Crippen molar-refractivity contribution in [3.8, 4) is 0 Å². The number of hydrogen-bond donors (Lipinski definition) is 1. The molecule has 7 heteroatoms. The Labute approximate surface area is 89.5 Å². The quantitative estimate of drug-likeness (QED) is 0.377. The van der Waals surface area contributed by atoms with Gasteiger partial charge in [0.15, 0.2) is 7.60 Å². The van der Waals surface area contributed by atoms with E-state index in [1.165, 1.54) is 0 Å². The molecule has 0 aromatic carbocycles. The molecule has 1 fully saturated rings. The van der Waals surface area contributed by atoms with E-state index in [0.29, 0.717) is 6.61 Å². The molecule has 0 aliphatic carbocycles. The molecule has 1 unspecified atom stereocenters. The van der Waals surface area contributed by atoms with Gasteiger partial charge in [0, 0.05) is 0 Å². The van der Waals surface area contributed by atoms with E-state index in [4.69, 9.17) is 14.4 Å². The average Bonchev–Trinajstić information content (AvgIpc) is 2.12. The first-order valence-corrected chi connectivity index (χ1v) is 6.69. The summed E-state index contributed by atoms with van der Waals surface area (Å²) in [6.45, 7) is 4.37. The number of hydrogen-bond acceptors (Lipinski definition) is 4. The molecule has 1 N–H and O–H groups in total. The zero-order valence-electron chi connectivity index (χ0n) is 8.92. The topological polar surface area (TPSA) is 78.8 Å². The van der Waals surface area contributed by atoms with Crippen molar-refractivity contribution in [1.82, 2.24) is 0 Å². The maximum Gasteiger partial charge on any atom is 0.158 e. The van der Waals surface area contributed by atoms with Crippen molar-refractivity contribution < 1.29 is 28.3 Å². The van der Waals surface area contributed by atoms with Crippen LogP contribution < -0.4 is 4.89 Å². The largest absolute Gasteiger partial charge is 0.777 e. The van der Waals surface area contributed by atoms with Crippen LogP contribution in [0.15, 0.2) is 0 Å². The summed E-state index contributed by atoms with van der Waals surface area (Å²) in [5.41, 5.74) is 0. The van der Waals surface area contributed by atoms with Gasteiger partial charge in [-0.25, -0.2) is 0 Å². The van der Waals surface area contributed by atoms with Crippen LogP contribution in [0, 0.1) is 0 Å². The molecule has 0 amide bonds. The minimum absolute atomic E-state index is 0.337. The molecule has 1 aliphatic heterocycles. The second-order valence-electron chi connectivity index (χ2n) is 4.08. The number of rotatable bonds is 5. The summed E-state index contributed by atoms with van der Waals surface area (Å²) in [6.07, 6.45) is -0.594. The normalized spacial score (nSPS) is 24.7. The molecule has 0 aromatic rings. The van der Waals surface area contributed by atoms with Crippen molar-refractivity contribution in [2.45, 2.75) is 0 Å². The van der Waals surface area contributed by atoms with E-state index in [-0.39, 0.29) is 0 Å². The highest BCUT2D eigenvalue weighted by Gasteiger charge is 2.24. The van der Waals surface area contributed by atoms with Gasteiger partial charge in [-0.1, -0.05) is 0 Å². The minimum Gasteiger partial charge on any atom is -0.777 e. The van der Waals surface area contributed by atoms with Crippen LogP contribution in [0.2, 0.25) is 0 Å². The highest BCUT2D eigenvalue weighted by atomic mass is 31.2. The molecular formula is C8H18NO5P. The van der Waals surface area contributed by atoms with Crippen LogP contribution in [-0.4, -0.2) is 62.2 Å². The van der Waals surface area contributed by atoms with Crippen molar-refractivity contribution in [1.29, 1.82) is 0 Å². The van der Waals surface area contributed by atoms with Gasteiger partial charge in [0.1, 0.15) is 26.0 Å². The van der Waals surface area contributed by atoms with Gasteiger partial charge in [-0.3, -0.25) is 0 Å². The van der Waals surface area contributed by atoms with Gasteiger partial charge in [-0.2, -0.15) is 0 Å². The lowest BCUT2D eigenvalue weighted by Crippen LogP contribution is -2.53. The Morgan fingerprint density at radius 1 is 1.53 bits per heavy atom. The molecule has 1 rings (SSSR count). The van der Waals surface area contributed by atoms with Crippen molar-refractivity contribution in [2.75, 3.05) is 52.9 Å². The summed E-state index contributed by atoms with van der Waals surface area (Å²) in [5, 5.41) is 0. The summed E-state index contributed by atoms with van der Waals surface area (Å²) in [5.74, 6) is 0. The number of likely N-dealkylation sites (N-methyl/N-ethyl adjacent to an activating group) is 1. The Morgan fingerprint density at radius 2 is 2.13 bits per heavy atom. The fourth-order valence-corrected chi connectivity index (χ4v) is 1.83. The summed E-state index contributed by atoms with van der Waals surface area (Å²) in [4.78, 5) is 18.9. The molecule has 0 saturated carbocycles. The minimum atomic E-state index is -4.26. The lowest BCUT2D eigenvalue weighted by molar-refractivity contribution is -0.917. The smallest absolute Gasteiger partial charge is 0.158 e. The standard InChI is InChI=1S/C8H18NO5P/c1-9(2-5-13-6-3-9)4-7-14-8-15(10,11)12/h2-8H2,1H3,(H-,10,11,12). The van der Waals surface area contributed by atoms with Gasteiger partial charge in [0.25, 0.3) is 0 Å². The van der Waals surface area contributed by atoms with E-state index in [0.717, 1.165) is 37.3 Å². The maximum atomic E-state index is 10.4. The molecular weight excluding hydrogens is 221 g/mol. The Morgan fingerprint density at radius 3 is 2.67 bits per heavy atom. The number of morpholine rings is 1. The zero-order valence-corrected chi connectivity index (χ0v) is 9.82. The molecule has 90 valence electrons. The van der Waals surface area contributed by atoms with Crippen LogP contribution in [0.25, 0.3) is 0 Å². The van der Waals surface area contributed by atoms with Crippen LogP contribution in [0.5, 0.6) is 0 Å². The molecule has 6 nitrogen and oxygen atoms in total. The summed E-state index contributed by atoms with van der Waals surface area (Å²) in [7, 11) is -2.18. The zero-order chi connectivity index (χ0) is 11.4. The third-order valence-electron chi connectivity index (χ3n) is 2.58. The first-order valence-electron chi connectivity index (χ1n) is 4.93. The van der Waals surface area contributed by atoms with Crippen molar-refractivity contribution >= 4 is 7.60 Å². The monoisotopic (exact) mass is 239 g/mol. The van der Waals surface area contributed by atoms with E-state index in [2.05, 4.69) is 7.05 Å². The van der Waals surface area contributed by atoms with Gasteiger partial charge < -0.3 is 28.3 Å². The third kappa shape index (κ3) is 5.61. The predicted octanol–water partition coefficient (Wildman–Crippen LogP) is -1.02. The predicted molar refractivity (Wildman–Crippen MR) is 52.2 cm³/mol. The molecule has 0 bridgehead atoms.